The smallest absolute Gasteiger partial charge is 0.417 e. The highest BCUT2D eigenvalue weighted by Gasteiger charge is 2.28. The number of hydrogen-bond donors (Lipinski definition) is 1. The van der Waals surface area contributed by atoms with E-state index in [1.54, 1.807) is 0 Å². The molecule has 11 heavy (non-hydrogen) atoms. The summed E-state index contributed by atoms with van der Waals surface area (Å²) >= 11 is 0. The number of hydrogen-bond acceptors (Lipinski definition) is 5. The van der Waals surface area contributed by atoms with Crippen molar-refractivity contribution in [2.45, 2.75) is 12.5 Å². The Morgan fingerprint density at radius 3 is 2.73 bits per heavy atom. The van der Waals surface area contributed by atoms with Gasteiger partial charge >= 0.3 is 11.9 Å². The summed E-state index contributed by atoms with van der Waals surface area (Å²) in [6.07, 6.45) is 0.171. The second-order valence-corrected chi connectivity index (χ2v) is 2.20. The molecule has 0 spiro atoms. The van der Waals surface area contributed by atoms with Gasteiger partial charge in [-0.15, -0.1) is 0 Å². The van der Waals surface area contributed by atoms with Crippen molar-refractivity contribution in [3.8, 4) is 0 Å². The molecular formula is C6H9NO4. The van der Waals surface area contributed by atoms with Gasteiger partial charge in [-0.2, -0.15) is 0 Å². The molecule has 1 rings (SSSR count). The molecule has 0 aliphatic carbocycles. The van der Waals surface area contributed by atoms with Gasteiger partial charge in [-0.25, -0.2) is 9.59 Å². The van der Waals surface area contributed by atoms with Crippen molar-refractivity contribution in [1.82, 2.24) is 0 Å². The maximum absolute atomic E-state index is 10.5. The van der Waals surface area contributed by atoms with Crippen molar-refractivity contribution in [2.24, 2.45) is 5.73 Å². The maximum atomic E-state index is 10.5. The molecule has 1 saturated heterocycles. The van der Waals surface area contributed by atoms with E-state index < -0.39 is 11.9 Å². The van der Waals surface area contributed by atoms with Crippen LogP contribution in [0.5, 0.6) is 0 Å². The number of ether oxygens (including phenoxy) is 2. The van der Waals surface area contributed by atoms with E-state index in [-0.39, 0.29) is 12.7 Å². The Morgan fingerprint density at radius 2 is 2.18 bits per heavy atom. The molecule has 62 valence electrons. The lowest BCUT2D eigenvalue weighted by atomic mass is 10.2. The quantitative estimate of drug-likeness (QED) is 0.404. The molecule has 5 heteroatoms. The summed E-state index contributed by atoms with van der Waals surface area (Å²) in [6, 6.07) is 0. The summed E-state index contributed by atoms with van der Waals surface area (Å²) in [5.41, 5.74) is 5.21. The molecule has 0 aromatic carbocycles. The van der Waals surface area contributed by atoms with Crippen LogP contribution in [-0.4, -0.2) is 31.2 Å². The van der Waals surface area contributed by atoms with E-state index in [1.807, 2.05) is 0 Å². The Bertz CT molecular complexity index is 179. The van der Waals surface area contributed by atoms with Crippen LogP contribution in [-0.2, 0) is 19.1 Å². The summed E-state index contributed by atoms with van der Waals surface area (Å²) in [5.74, 6) is -1.84. The topological polar surface area (TPSA) is 78.6 Å². The number of carbonyl (C=O) groups excluding carboxylic acids is 2. The van der Waals surface area contributed by atoms with Crippen molar-refractivity contribution in [1.29, 1.82) is 0 Å². The molecule has 0 saturated carbocycles. The van der Waals surface area contributed by atoms with E-state index in [0.29, 0.717) is 13.0 Å². The molecule has 1 heterocycles. The zero-order valence-corrected chi connectivity index (χ0v) is 5.91. The normalized spacial score (nSPS) is 24.3. The lowest BCUT2D eigenvalue weighted by molar-refractivity contribution is -0.184. The van der Waals surface area contributed by atoms with Gasteiger partial charge in [0.05, 0.1) is 0 Å². The number of cyclic esters (lactones) is 2. The van der Waals surface area contributed by atoms with Gasteiger partial charge in [0.15, 0.2) is 0 Å². The van der Waals surface area contributed by atoms with Crippen molar-refractivity contribution in [2.75, 3.05) is 13.2 Å². The van der Waals surface area contributed by atoms with Gasteiger partial charge in [0, 0.05) is 6.42 Å². The third-order valence-electron chi connectivity index (χ3n) is 1.33. The van der Waals surface area contributed by atoms with Crippen LogP contribution < -0.4 is 5.73 Å². The molecular weight excluding hydrogens is 150 g/mol. The van der Waals surface area contributed by atoms with Crippen LogP contribution in [0.4, 0.5) is 0 Å². The van der Waals surface area contributed by atoms with Gasteiger partial charge in [0.2, 0.25) is 0 Å². The minimum Gasteiger partial charge on any atom is -0.453 e. The first-order valence-corrected chi connectivity index (χ1v) is 3.32. The van der Waals surface area contributed by atoms with E-state index in [9.17, 15) is 9.59 Å². The zero-order chi connectivity index (χ0) is 8.27. The molecule has 1 fully saturated rings. The molecule has 0 bridgehead atoms. The zero-order valence-electron chi connectivity index (χ0n) is 5.91. The van der Waals surface area contributed by atoms with Crippen LogP contribution in [0.2, 0.25) is 0 Å². The third-order valence-corrected chi connectivity index (χ3v) is 1.33. The van der Waals surface area contributed by atoms with Gasteiger partial charge in [0.1, 0.15) is 12.7 Å². The second-order valence-electron chi connectivity index (χ2n) is 2.20. The average Bonchev–Trinajstić information content (AvgIpc) is 1.98. The largest absolute Gasteiger partial charge is 0.453 e. The number of carbonyl (C=O) groups is 2. The molecule has 0 aromatic rings. The fourth-order valence-electron chi connectivity index (χ4n) is 0.789. The van der Waals surface area contributed by atoms with Gasteiger partial charge in [-0.05, 0) is 6.54 Å². The molecule has 0 amide bonds. The molecule has 1 atom stereocenters. The van der Waals surface area contributed by atoms with E-state index in [1.165, 1.54) is 0 Å². The number of esters is 2. The Hall–Kier alpha value is -1.10. The fraction of sp³-hybridized carbons (Fsp3) is 0.667. The Kier molecular flexibility index (Phi) is 2.43. The van der Waals surface area contributed by atoms with Crippen LogP contribution in [0.3, 0.4) is 0 Å². The maximum Gasteiger partial charge on any atom is 0.417 e. The van der Waals surface area contributed by atoms with Crippen LogP contribution in [0.15, 0.2) is 0 Å². The van der Waals surface area contributed by atoms with Gasteiger partial charge in [-0.3, -0.25) is 0 Å². The molecule has 1 aliphatic heterocycles. The first kappa shape index (κ1) is 8.00. The SMILES string of the molecule is NCCC1COC(=O)C(=O)O1. The van der Waals surface area contributed by atoms with Crippen LogP contribution in [0.25, 0.3) is 0 Å². The Morgan fingerprint density at radius 1 is 1.45 bits per heavy atom. The van der Waals surface area contributed by atoms with Gasteiger partial charge < -0.3 is 15.2 Å². The fourth-order valence-corrected chi connectivity index (χ4v) is 0.789. The molecule has 2 N–H and O–H groups in total. The highest BCUT2D eigenvalue weighted by molar-refractivity contribution is 6.30. The van der Waals surface area contributed by atoms with Crippen molar-refractivity contribution >= 4 is 11.9 Å². The molecule has 5 nitrogen and oxygen atoms in total. The predicted molar refractivity (Wildman–Crippen MR) is 34.5 cm³/mol. The predicted octanol–water partition coefficient (Wildman–Crippen LogP) is -1.20. The van der Waals surface area contributed by atoms with Gasteiger partial charge in [0.25, 0.3) is 0 Å². The van der Waals surface area contributed by atoms with Gasteiger partial charge in [-0.1, -0.05) is 0 Å². The lowest BCUT2D eigenvalue weighted by Crippen LogP contribution is -2.37. The summed E-state index contributed by atoms with van der Waals surface area (Å²) in [5, 5.41) is 0. The molecule has 1 unspecified atom stereocenters. The van der Waals surface area contributed by atoms with E-state index in [0.717, 1.165) is 0 Å². The highest BCUT2D eigenvalue weighted by atomic mass is 16.6. The summed E-state index contributed by atoms with van der Waals surface area (Å²) in [7, 11) is 0. The second kappa shape index (κ2) is 3.34. The summed E-state index contributed by atoms with van der Waals surface area (Å²) in [4.78, 5) is 21.0. The third kappa shape index (κ3) is 1.91. The van der Waals surface area contributed by atoms with Crippen molar-refractivity contribution in [3.63, 3.8) is 0 Å². The highest BCUT2D eigenvalue weighted by Crippen LogP contribution is 2.05. The molecule has 0 radical (unpaired) electrons. The number of rotatable bonds is 2. The first-order valence-electron chi connectivity index (χ1n) is 3.32. The van der Waals surface area contributed by atoms with Crippen LogP contribution in [0, 0.1) is 0 Å². The molecule has 0 aromatic heterocycles. The number of nitrogens with two attached hydrogens (primary N) is 1. The van der Waals surface area contributed by atoms with E-state index in [2.05, 4.69) is 9.47 Å². The first-order chi connectivity index (χ1) is 5.24. The van der Waals surface area contributed by atoms with Crippen molar-refractivity contribution < 1.29 is 19.1 Å². The van der Waals surface area contributed by atoms with Crippen molar-refractivity contribution in [3.05, 3.63) is 0 Å². The Labute approximate surface area is 63.4 Å². The molecule has 1 aliphatic rings. The Balaban J connectivity index is 2.40. The van der Waals surface area contributed by atoms with E-state index >= 15 is 0 Å². The summed E-state index contributed by atoms with van der Waals surface area (Å²) < 4.78 is 9.13. The van der Waals surface area contributed by atoms with Crippen LogP contribution >= 0.6 is 0 Å². The summed E-state index contributed by atoms with van der Waals surface area (Å²) in [6.45, 7) is 0.539. The standard InChI is InChI=1S/C6H9NO4/c7-2-1-4-3-10-5(8)6(9)11-4/h4H,1-3,7H2. The minimum absolute atomic E-state index is 0.127. The lowest BCUT2D eigenvalue weighted by Gasteiger charge is -2.20. The monoisotopic (exact) mass is 159 g/mol. The van der Waals surface area contributed by atoms with E-state index in [4.69, 9.17) is 5.73 Å². The van der Waals surface area contributed by atoms with Crippen LogP contribution in [0.1, 0.15) is 6.42 Å². The average molecular weight is 159 g/mol. The minimum atomic E-state index is -0.922.